The first kappa shape index (κ1) is 16.3. The second kappa shape index (κ2) is 6.88. The van der Waals surface area contributed by atoms with E-state index in [9.17, 15) is 9.90 Å². The normalized spacial score (nSPS) is 10.9. The lowest BCUT2D eigenvalue weighted by atomic mass is 10.1. The second-order valence-corrected chi connectivity index (χ2v) is 6.28. The summed E-state index contributed by atoms with van der Waals surface area (Å²) < 4.78 is 1.53. The number of nitrogens with zero attached hydrogens (tertiary/aromatic N) is 5. The molecule has 0 unspecified atom stereocenters. The molecule has 0 atom stereocenters. The van der Waals surface area contributed by atoms with Crippen molar-refractivity contribution in [1.82, 2.24) is 24.7 Å². The van der Waals surface area contributed by atoms with Crippen LogP contribution in [0.3, 0.4) is 0 Å². The summed E-state index contributed by atoms with van der Waals surface area (Å²) in [5.41, 5.74) is 4.30. The molecule has 3 rings (SSSR count). The monoisotopic (exact) mass is 343 g/mol. The predicted molar refractivity (Wildman–Crippen MR) is 90.6 cm³/mol. The average molecular weight is 343 g/mol. The Kier molecular flexibility index (Phi) is 4.66. The van der Waals surface area contributed by atoms with E-state index >= 15 is 0 Å². The highest BCUT2D eigenvalue weighted by Crippen LogP contribution is 2.25. The van der Waals surface area contributed by atoms with Gasteiger partial charge in [0, 0.05) is 12.4 Å². The highest BCUT2D eigenvalue weighted by atomic mass is 32.1. The Hall–Kier alpha value is -2.61. The number of carboxylic acid groups (broad SMARTS) is 1. The summed E-state index contributed by atoms with van der Waals surface area (Å²) in [6.45, 7) is 3.99. The topological polar surface area (TPSA) is 93.8 Å². The molecule has 0 saturated carbocycles. The third kappa shape index (κ3) is 3.05. The Labute approximate surface area is 143 Å². The van der Waals surface area contributed by atoms with Gasteiger partial charge in [-0.05, 0) is 25.3 Å². The fraction of sp³-hybridized carbons (Fsp3) is 0.312. The van der Waals surface area contributed by atoms with Crippen LogP contribution in [0.2, 0.25) is 0 Å². The largest absolute Gasteiger partial charge is 0.478 e. The molecule has 0 amide bonds. The first-order valence-electron chi connectivity index (χ1n) is 7.65. The summed E-state index contributed by atoms with van der Waals surface area (Å²) in [6, 6.07) is 0. The predicted octanol–water partition coefficient (Wildman–Crippen LogP) is 3.14. The van der Waals surface area contributed by atoms with Crippen molar-refractivity contribution in [2.24, 2.45) is 0 Å². The number of carbonyl (C=O) groups is 1. The van der Waals surface area contributed by atoms with Gasteiger partial charge < -0.3 is 5.11 Å². The van der Waals surface area contributed by atoms with Gasteiger partial charge in [-0.2, -0.15) is 5.10 Å². The van der Waals surface area contributed by atoms with E-state index in [1.165, 1.54) is 22.2 Å². The van der Waals surface area contributed by atoms with Crippen molar-refractivity contribution < 1.29 is 9.90 Å². The molecule has 0 aliphatic heterocycles. The summed E-state index contributed by atoms with van der Waals surface area (Å²) in [5, 5.41) is 13.6. The van der Waals surface area contributed by atoms with Gasteiger partial charge in [0.1, 0.15) is 5.56 Å². The van der Waals surface area contributed by atoms with Crippen LogP contribution in [0.4, 0.5) is 0 Å². The molecule has 0 aromatic carbocycles. The van der Waals surface area contributed by atoms with Crippen LogP contribution in [-0.2, 0) is 6.42 Å². The number of rotatable bonds is 6. The standard InChI is InChI=1S/C16H17N5O2S/c1-3-4-5-12-11(15(22)23)7-19-21(12)16-18-6-10(2)14(20-16)13-8-17-9-24-13/h6-9H,3-5H2,1-2H3,(H,22,23). The Balaban J connectivity index is 2.09. The van der Waals surface area contributed by atoms with Crippen LogP contribution in [0.1, 0.15) is 41.4 Å². The molecule has 0 saturated heterocycles. The zero-order chi connectivity index (χ0) is 17.1. The average Bonchev–Trinajstić information content (AvgIpc) is 3.23. The molecular formula is C16H17N5O2S. The number of aromatic carboxylic acids is 1. The number of hydrogen-bond donors (Lipinski definition) is 1. The summed E-state index contributed by atoms with van der Waals surface area (Å²) >= 11 is 1.50. The highest BCUT2D eigenvalue weighted by Gasteiger charge is 2.19. The van der Waals surface area contributed by atoms with Gasteiger partial charge in [0.25, 0.3) is 5.95 Å². The summed E-state index contributed by atoms with van der Waals surface area (Å²) in [4.78, 5) is 25.4. The van der Waals surface area contributed by atoms with Gasteiger partial charge in [0.15, 0.2) is 0 Å². The maximum Gasteiger partial charge on any atom is 0.339 e. The van der Waals surface area contributed by atoms with Gasteiger partial charge in [-0.15, -0.1) is 11.3 Å². The Bertz CT molecular complexity index is 857. The Morgan fingerprint density at radius 3 is 2.83 bits per heavy atom. The highest BCUT2D eigenvalue weighted by molar-refractivity contribution is 7.13. The third-order valence-corrected chi connectivity index (χ3v) is 4.46. The van der Waals surface area contributed by atoms with Crippen molar-refractivity contribution in [3.05, 3.63) is 40.9 Å². The quantitative estimate of drug-likeness (QED) is 0.739. The van der Waals surface area contributed by atoms with E-state index in [1.54, 1.807) is 17.9 Å². The van der Waals surface area contributed by atoms with Gasteiger partial charge in [-0.1, -0.05) is 13.3 Å². The van der Waals surface area contributed by atoms with Crippen LogP contribution in [0, 0.1) is 6.92 Å². The molecule has 0 aliphatic carbocycles. The van der Waals surface area contributed by atoms with E-state index < -0.39 is 5.97 Å². The second-order valence-electron chi connectivity index (χ2n) is 5.39. The number of carboxylic acids is 1. The number of hydrogen-bond acceptors (Lipinski definition) is 6. The van der Waals surface area contributed by atoms with Crippen LogP contribution >= 0.6 is 11.3 Å². The fourth-order valence-corrected chi connectivity index (χ4v) is 3.10. The van der Waals surface area contributed by atoms with Crippen molar-refractivity contribution in [3.8, 4) is 16.5 Å². The van der Waals surface area contributed by atoms with Crippen LogP contribution < -0.4 is 0 Å². The number of unbranched alkanes of at least 4 members (excludes halogenated alkanes) is 1. The van der Waals surface area contributed by atoms with E-state index in [-0.39, 0.29) is 5.56 Å². The summed E-state index contributed by atoms with van der Waals surface area (Å²) in [7, 11) is 0. The van der Waals surface area contributed by atoms with Gasteiger partial charge in [-0.25, -0.2) is 19.4 Å². The zero-order valence-corrected chi connectivity index (χ0v) is 14.2. The fourth-order valence-electron chi connectivity index (χ4n) is 2.43. The maximum absolute atomic E-state index is 11.4. The third-order valence-electron chi connectivity index (χ3n) is 3.68. The molecule has 0 radical (unpaired) electrons. The van der Waals surface area contributed by atoms with E-state index in [4.69, 9.17) is 0 Å². The van der Waals surface area contributed by atoms with E-state index in [2.05, 4.69) is 27.0 Å². The van der Waals surface area contributed by atoms with Crippen LogP contribution in [0.25, 0.3) is 16.5 Å². The van der Waals surface area contributed by atoms with E-state index in [0.29, 0.717) is 18.1 Å². The van der Waals surface area contributed by atoms with E-state index in [1.807, 2.05) is 6.92 Å². The minimum Gasteiger partial charge on any atom is -0.478 e. The molecule has 0 bridgehead atoms. The molecule has 8 heteroatoms. The maximum atomic E-state index is 11.4. The number of aromatic nitrogens is 5. The van der Waals surface area contributed by atoms with Crippen molar-refractivity contribution >= 4 is 17.3 Å². The summed E-state index contributed by atoms with van der Waals surface area (Å²) in [6.07, 6.45) is 7.30. The first-order valence-corrected chi connectivity index (χ1v) is 8.52. The minimum absolute atomic E-state index is 0.201. The molecular weight excluding hydrogens is 326 g/mol. The molecule has 1 N–H and O–H groups in total. The van der Waals surface area contributed by atoms with Gasteiger partial charge >= 0.3 is 5.97 Å². The Morgan fingerprint density at radius 1 is 1.33 bits per heavy atom. The molecule has 3 aromatic heterocycles. The Morgan fingerprint density at radius 2 is 2.17 bits per heavy atom. The van der Waals surface area contributed by atoms with E-state index in [0.717, 1.165) is 29.0 Å². The molecule has 7 nitrogen and oxygen atoms in total. The number of aryl methyl sites for hydroxylation is 1. The van der Waals surface area contributed by atoms with Crippen molar-refractivity contribution in [2.45, 2.75) is 33.1 Å². The minimum atomic E-state index is -0.984. The SMILES string of the molecule is CCCCc1c(C(=O)O)cnn1-c1ncc(C)c(-c2cncs2)n1. The number of thiazole rings is 1. The lowest BCUT2D eigenvalue weighted by Crippen LogP contribution is -2.10. The first-order chi connectivity index (χ1) is 11.6. The lowest BCUT2D eigenvalue weighted by Gasteiger charge is -2.09. The summed E-state index contributed by atoms with van der Waals surface area (Å²) in [5.74, 6) is -0.607. The zero-order valence-electron chi connectivity index (χ0n) is 13.4. The molecule has 0 spiro atoms. The van der Waals surface area contributed by atoms with Crippen molar-refractivity contribution in [3.63, 3.8) is 0 Å². The lowest BCUT2D eigenvalue weighted by molar-refractivity contribution is 0.0695. The van der Waals surface area contributed by atoms with Gasteiger partial charge in [0.05, 0.1) is 28.0 Å². The van der Waals surface area contributed by atoms with Crippen molar-refractivity contribution in [1.29, 1.82) is 0 Å². The van der Waals surface area contributed by atoms with Crippen LogP contribution in [0.5, 0.6) is 0 Å². The molecule has 3 heterocycles. The molecule has 0 aliphatic rings. The van der Waals surface area contributed by atoms with Gasteiger partial charge in [-0.3, -0.25) is 4.98 Å². The van der Waals surface area contributed by atoms with Crippen molar-refractivity contribution in [2.75, 3.05) is 0 Å². The van der Waals surface area contributed by atoms with Gasteiger partial charge in [0.2, 0.25) is 0 Å². The molecule has 124 valence electrons. The van der Waals surface area contributed by atoms with Crippen LogP contribution in [0.15, 0.2) is 24.1 Å². The molecule has 24 heavy (non-hydrogen) atoms. The van der Waals surface area contributed by atoms with Crippen LogP contribution in [-0.4, -0.2) is 35.8 Å². The smallest absolute Gasteiger partial charge is 0.339 e. The molecule has 0 fully saturated rings. The molecule has 3 aromatic rings.